The number of likely N-dealkylation sites (tertiary alicyclic amines) is 1. The third-order valence-electron chi connectivity index (χ3n) is 7.78. The Morgan fingerprint density at radius 1 is 1.22 bits per heavy atom. The fourth-order valence-electron chi connectivity index (χ4n) is 6.45. The van der Waals surface area contributed by atoms with E-state index >= 15 is 0 Å². The molecule has 3 amide bonds. The van der Waals surface area contributed by atoms with E-state index in [0.717, 1.165) is 12.8 Å². The number of aliphatic hydroxyl groups is 1. The molecule has 0 aromatic heterocycles. The van der Waals surface area contributed by atoms with Crippen LogP contribution >= 0.6 is 27.7 Å². The summed E-state index contributed by atoms with van der Waals surface area (Å²) in [4.78, 5) is 43.4. The summed E-state index contributed by atoms with van der Waals surface area (Å²) in [6.45, 7) is 7.94. The maximum Gasteiger partial charge on any atom is 0.244 e. The molecule has 3 fully saturated rings. The summed E-state index contributed by atoms with van der Waals surface area (Å²) in [7, 11) is 0. The molecule has 3 N–H and O–H groups in total. The average Bonchev–Trinajstić information content (AvgIpc) is 3.41. The van der Waals surface area contributed by atoms with Crippen LogP contribution < -0.4 is 10.6 Å². The van der Waals surface area contributed by atoms with E-state index in [-0.39, 0.29) is 46.4 Å². The Hall–Kier alpha value is -1.58. The number of alkyl halides is 1. The van der Waals surface area contributed by atoms with Crippen LogP contribution in [0.15, 0.2) is 30.3 Å². The van der Waals surface area contributed by atoms with Gasteiger partial charge in [0.25, 0.3) is 0 Å². The minimum atomic E-state index is -0.727. The van der Waals surface area contributed by atoms with E-state index in [1.807, 2.05) is 51.1 Å². The van der Waals surface area contributed by atoms with Gasteiger partial charge in [-0.1, -0.05) is 61.3 Å². The van der Waals surface area contributed by atoms with Crippen molar-refractivity contribution in [2.24, 2.45) is 17.8 Å². The zero-order valence-electron chi connectivity index (χ0n) is 21.4. The van der Waals surface area contributed by atoms with Gasteiger partial charge in [0, 0.05) is 21.8 Å². The molecule has 4 rings (SSSR count). The van der Waals surface area contributed by atoms with Crippen molar-refractivity contribution in [1.29, 1.82) is 0 Å². The molecule has 3 aliphatic heterocycles. The Balaban J connectivity index is 1.72. The molecular weight excluding hydrogens is 542 g/mol. The van der Waals surface area contributed by atoms with Crippen molar-refractivity contribution in [1.82, 2.24) is 10.2 Å². The lowest BCUT2D eigenvalue weighted by Gasteiger charge is -2.38. The van der Waals surface area contributed by atoms with Crippen molar-refractivity contribution in [3.05, 3.63) is 30.3 Å². The second kappa shape index (κ2) is 11.0. The number of para-hydroxylation sites is 1. The number of carbonyl (C=O) groups is 3. The van der Waals surface area contributed by atoms with Crippen molar-refractivity contribution in [3.63, 3.8) is 0 Å². The first-order valence-electron chi connectivity index (χ1n) is 13.1. The molecule has 3 aliphatic rings. The van der Waals surface area contributed by atoms with Gasteiger partial charge in [0.1, 0.15) is 6.04 Å². The van der Waals surface area contributed by atoms with Crippen LogP contribution in [0.3, 0.4) is 0 Å². The number of aliphatic hydroxyl groups excluding tert-OH is 1. The molecule has 3 heterocycles. The number of halogens is 1. The second-order valence-corrected chi connectivity index (χ2v) is 13.6. The number of thioether (sulfide) groups is 1. The molecular formula is C27H38BrN3O4S. The molecule has 1 aromatic rings. The highest BCUT2D eigenvalue weighted by Crippen LogP contribution is 2.68. The normalized spacial score (nSPS) is 32.5. The fourth-order valence-corrected chi connectivity index (χ4v) is 10.1. The summed E-state index contributed by atoms with van der Waals surface area (Å²) in [6.07, 6.45) is 3.00. The molecule has 7 nitrogen and oxygen atoms in total. The molecule has 8 atom stereocenters. The standard InChI is InChI=1S/C27H38BrN3O4S/c1-5-9-16(4)29-25(34)23-27-13-19(28)22(36-27)20(24(33)30-17-10-7-6-8-11-17)21(27)26(35)31(23)18(14-32)12-15(2)3/h6-8,10-11,15-16,18-23,32H,5,9,12-14H2,1-4H3,(H,29,34)(H,30,33)/t16?,18-,19?,20-,21+,22-,23?,27?/m1/s1. The largest absolute Gasteiger partial charge is 0.394 e. The maximum atomic E-state index is 14.2. The number of carbonyl (C=O) groups excluding carboxylic acids is 3. The summed E-state index contributed by atoms with van der Waals surface area (Å²) < 4.78 is -0.713. The topological polar surface area (TPSA) is 98.7 Å². The van der Waals surface area contributed by atoms with Gasteiger partial charge >= 0.3 is 0 Å². The van der Waals surface area contributed by atoms with Crippen LogP contribution in [0.4, 0.5) is 5.69 Å². The van der Waals surface area contributed by atoms with Gasteiger partial charge in [0.2, 0.25) is 17.7 Å². The van der Waals surface area contributed by atoms with Crippen LogP contribution in [-0.2, 0) is 14.4 Å². The molecule has 198 valence electrons. The lowest BCUT2D eigenvalue weighted by Crippen LogP contribution is -2.58. The van der Waals surface area contributed by atoms with Crippen LogP contribution in [0.1, 0.15) is 53.4 Å². The number of nitrogens with zero attached hydrogens (tertiary/aromatic N) is 1. The summed E-state index contributed by atoms with van der Waals surface area (Å²) in [6, 6.07) is 8.05. The summed E-state index contributed by atoms with van der Waals surface area (Å²) >= 11 is 5.42. The Morgan fingerprint density at radius 3 is 2.53 bits per heavy atom. The number of benzene rings is 1. The van der Waals surface area contributed by atoms with Gasteiger partial charge in [0.15, 0.2) is 0 Å². The lowest BCUT2D eigenvalue weighted by atomic mass is 9.70. The highest BCUT2D eigenvalue weighted by Gasteiger charge is 2.76. The van der Waals surface area contributed by atoms with Crippen molar-refractivity contribution < 1.29 is 19.5 Å². The molecule has 9 heteroatoms. The highest BCUT2D eigenvalue weighted by atomic mass is 79.9. The van der Waals surface area contributed by atoms with Gasteiger partial charge < -0.3 is 20.6 Å². The zero-order chi connectivity index (χ0) is 26.2. The third kappa shape index (κ3) is 4.83. The molecule has 2 bridgehead atoms. The molecule has 0 radical (unpaired) electrons. The first-order chi connectivity index (χ1) is 17.1. The zero-order valence-corrected chi connectivity index (χ0v) is 23.8. The van der Waals surface area contributed by atoms with E-state index in [4.69, 9.17) is 0 Å². The third-order valence-corrected chi connectivity index (χ3v) is 11.0. The molecule has 0 saturated carbocycles. The van der Waals surface area contributed by atoms with E-state index in [0.29, 0.717) is 18.5 Å². The molecule has 4 unspecified atom stereocenters. The van der Waals surface area contributed by atoms with Crippen LogP contribution in [0.25, 0.3) is 0 Å². The van der Waals surface area contributed by atoms with Crippen LogP contribution in [0.5, 0.6) is 0 Å². The maximum absolute atomic E-state index is 14.2. The van der Waals surface area contributed by atoms with Gasteiger partial charge in [0.05, 0.1) is 29.2 Å². The number of nitrogens with one attached hydrogen (secondary N) is 2. The molecule has 1 spiro atoms. The van der Waals surface area contributed by atoms with E-state index in [9.17, 15) is 19.5 Å². The van der Waals surface area contributed by atoms with Crippen molar-refractivity contribution in [3.8, 4) is 0 Å². The fraction of sp³-hybridized carbons (Fsp3) is 0.667. The van der Waals surface area contributed by atoms with E-state index in [1.54, 1.807) is 16.7 Å². The number of hydrogen-bond donors (Lipinski definition) is 3. The number of fused-ring (bicyclic) bond motifs is 1. The molecule has 3 saturated heterocycles. The summed E-state index contributed by atoms with van der Waals surface area (Å²) in [5.74, 6) is -1.48. The smallest absolute Gasteiger partial charge is 0.244 e. The van der Waals surface area contributed by atoms with Crippen molar-refractivity contribution in [2.45, 2.75) is 86.3 Å². The quantitative estimate of drug-likeness (QED) is 0.366. The van der Waals surface area contributed by atoms with E-state index < -0.39 is 28.7 Å². The van der Waals surface area contributed by atoms with Crippen LogP contribution in [0.2, 0.25) is 0 Å². The second-order valence-electron chi connectivity index (χ2n) is 10.9. The van der Waals surface area contributed by atoms with Gasteiger partial charge in [-0.15, -0.1) is 11.8 Å². The number of amides is 3. The predicted molar refractivity (Wildman–Crippen MR) is 147 cm³/mol. The number of hydrogen-bond acceptors (Lipinski definition) is 5. The van der Waals surface area contributed by atoms with E-state index in [1.165, 1.54) is 0 Å². The molecule has 0 aliphatic carbocycles. The minimum Gasteiger partial charge on any atom is -0.394 e. The monoisotopic (exact) mass is 579 g/mol. The lowest BCUT2D eigenvalue weighted by molar-refractivity contribution is -0.142. The van der Waals surface area contributed by atoms with Crippen molar-refractivity contribution in [2.75, 3.05) is 11.9 Å². The van der Waals surface area contributed by atoms with Gasteiger partial charge in [-0.2, -0.15) is 0 Å². The Morgan fingerprint density at radius 2 is 1.92 bits per heavy atom. The van der Waals surface area contributed by atoms with Gasteiger partial charge in [-0.3, -0.25) is 14.4 Å². The molecule has 36 heavy (non-hydrogen) atoms. The SMILES string of the molecule is CCCC(C)NC(=O)C1N([C@@H](CO)CC(C)C)C(=O)[C@@H]2[C@@H](C(=O)Nc3ccccc3)[C@@H]3SC12CC3Br. The van der Waals surface area contributed by atoms with Crippen LogP contribution in [0, 0.1) is 17.8 Å². The number of rotatable bonds is 10. The highest BCUT2D eigenvalue weighted by molar-refractivity contribution is 9.09. The minimum absolute atomic E-state index is 0.0130. The molecule has 1 aromatic carbocycles. The van der Waals surface area contributed by atoms with Gasteiger partial charge in [-0.25, -0.2) is 0 Å². The summed E-state index contributed by atoms with van der Waals surface area (Å²) in [5.41, 5.74) is 0.688. The van der Waals surface area contributed by atoms with Crippen molar-refractivity contribution >= 4 is 51.1 Å². The van der Waals surface area contributed by atoms with Gasteiger partial charge in [-0.05, 0) is 44.2 Å². The predicted octanol–water partition coefficient (Wildman–Crippen LogP) is 3.80. The number of anilines is 1. The first-order valence-corrected chi connectivity index (χ1v) is 14.8. The van der Waals surface area contributed by atoms with Crippen LogP contribution in [-0.4, -0.2) is 67.3 Å². The summed E-state index contributed by atoms with van der Waals surface area (Å²) in [5, 5.41) is 16.4. The average molecular weight is 581 g/mol. The van der Waals surface area contributed by atoms with E-state index in [2.05, 4.69) is 33.5 Å². The first kappa shape index (κ1) is 27.5. The Kier molecular flexibility index (Phi) is 8.42. The Labute approximate surface area is 226 Å². The Bertz CT molecular complexity index is 979.